The molecule has 0 spiro atoms. The van der Waals surface area contributed by atoms with Gasteiger partial charge in [0.2, 0.25) is 5.95 Å². The molecular formula is C21H17N5O2S. The Morgan fingerprint density at radius 2 is 1.83 bits per heavy atom. The summed E-state index contributed by atoms with van der Waals surface area (Å²) >= 11 is 1.37. The molecule has 0 unspecified atom stereocenters. The lowest BCUT2D eigenvalue weighted by molar-refractivity contribution is 0.102. The van der Waals surface area contributed by atoms with E-state index in [0.29, 0.717) is 16.6 Å². The minimum absolute atomic E-state index is 0.238. The highest BCUT2D eigenvalue weighted by Crippen LogP contribution is 2.27. The second kappa shape index (κ2) is 8.49. The first kappa shape index (κ1) is 18.6. The van der Waals surface area contributed by atoms with E-state index in [9.17, 15) is 4.79 Å². The van der Waals surface area contributed by atoms with Crippen LogP contribution in [0.15, 0.2) is 72.4 Å². The van der Waals surface area contributed by atoms with Gasteiger partial charge in [0.1, 0.15) is 5.75 Å². The number of carbonyl (C=O) groups excluding carboxylic acids is 1. The standard InChI is InChI=1S/C21H17N5O2S/c1-28-17-8-6-14(7-9-17)18-13-29-21(25-18)26-19(27)15-4-2-5-16(12-15)24-20-22-10-3-11-23-20/h2-13H,1H3,(H,22,23,24)(H,25,26,27). The van der Waals surface area contributed by atoms with Crippen molar-refractivity contribution in [1.82, 2.24) is 15.0 Å². The molecule has 2 heterocycles. The number of ether oxygens (including phenoxy) is 1. The molecule has 0 atom stereocenters. The second-order valence-corrected chi connectivity index (χ2v) is 6.86. The smallest absolute Gasteiger partial charge is 0.257 e. The zero-order valence-corrected chi connectivity index (χ0v) is 16.3. The van der Waals surface area contributed by atoms with Crippen LogP contribution in [0.1, 0.15) is 10.4 Å². The van der Waals surface area contributed by atoms with Crippen LogP contribution in [0.5, 0.6) is 5.75 Å². The van der Waals surface area contributed by atoms with Crippen LogP contribution in [-0.4, -0.2) is 28.0 Å². The summed E-state index contributed by atoms with van der Waals surface area (Å²) in [6.07, 6.45) is 3.30. The summed E-state index contributed by atoms with van der Waals surface area (Å²) < 4.78 is 5.17. The maximum atomic E-state index is 12.6. The van der Waals surface area contributed by atoms with E-state index in [0.717, 1.165) is 22.7 Å². The van der Waals surface area contributed by atoms with Crippen LogP contribution in [0, 0.1) is 0 Å². The molecule has 0 aliphatic rings. The van der Waals surface area contributed by atoms with E-state index in [1.54, 1.807) is 43.8 Å². The lowest BCUT2D eigenvalue weighted by atomic mass is 10.2. The minimum Gasteiger partial charge on any atom is -0.497 e. The number of methoxy groups -OCH3 is 1. The lowest BCUT2D eigenvalue weighted by Crippen LogP contribution is -2.12. The summed E-state index contributed by atoms with van der Waals surface area (Å²) in [6, 6.07) is 16.5. The second-order valence-electron chi connectivity index (χ2n) is 6.00. The summed E-state index contributed by atoms with van der Waals surface area (Å²) in [5, 5.41) is 8.36. The molecule has 8 heteroatoms. The quantitative estimate of drug-likeness (QED) is 0.489. The number of hydrogen-bond acceptors (Lipinski definition) is 7. The van der Waals surface area contributed by atoms with E-state index in [2.05, 4.69) is 25.6 Å². The fraction of sp³-hybridized carbons (Fsp3) is 0.0476. The number of nitrogens with one attached hydrogen (secondary N) is 2. The van der Waals surface area contributed by atoms with E-state index >= 15 is 0 Å². The summed E-state index contributed by atoms with van der Waals surface area (Å²) in [5.74, 6) is 1.01. The highest BCUT2D eigenvalue weighted by atomic mass is 32.1. The zero-order chi connectivity index (χ0) is 20.1. The SMILES string of the molecule is COc1ccc(-c2csc(NC(=O)c3cccc(Nc4ncccn4)c3)n2)cc1. The highest BCUT2D eigenvalue weighted by Gasteiger charge is 2.11. The van der Waals surface area contributed by atoms with Crippen molar-refractivity contribution >= 4 is 34.0 Å². The highest BCUT2D eigenvalue weighted by molar-refractivity contribution is 7.14. The summed E-state index contributed by atoms with van der Waals surface area (Å²) in [6.45, 7) is 0. The lowest BCUT2D eigenvalue weighted by Gasteiger charge is -2.06. The van der Waals surface area contributed by atoms with Crippen molar-refractivity contribution < 1.29 is 9.53 Å². The number of amides is 1. The predicted octanol–water partition coefficient (Wildman–Crippen LogP) is 4.60. The molecule has 144 valence electrons. The molecule has 29 heavy (non-hydrogen) atoms. The molecule has 1 amide bonds. The van der Waals surface area contributed by atoms with E-state index in [1.807, 2.05) is 35.7 Å². The fourth-order valence-corrected chi connectivity index (χ4v) is 3.34. The number of anilines is 3. The number of benzene rings is 2. The minimum atomic E-state index is -0.238. The molecule has 0 aliphatic heterocycles. The topological polar surface area (TPSA) is 89.0 Å². The Bertz CT molecular complexity index is 1110. The van der Waals surface area contributed by atoms with Gasteiger partial charge in [0.25, 0.3) is 5.91 Å². The Labute approximate surface area is 171 Å². The predicted molar refractivity (Wildman–Crippen MR) is 114 cm³/mol. The fourth-order valence-electron chi connectivity index (χ4n) is 2.63. The molecule has 2 N–H and O–H groups in total. The van der Waals surface area contributed by atoms with Gasteiger partial charge in [-0.1, -0.05) is 6.07 Å². The van der Waals surface area contributed by atoms with Gasteiger partial charge in [-0.05, 0) is 48.5 Å². The van der Waals surface area contributed by atoms with Gasteiger partial charge in [-0.15, -0.1) is 11.3 Å². The largest absolute Gasteiger partial charge is 0.497 e. The summed E-state index contributed by atoms with van der Waals surface area (Å²) in [4.78, 5) is 25.4. The van der Waals surface area contributed by atoms with Crippen LogP contribution < -0.4 is 15.4 Å². The van der Waals surface area contributed by atoms with Crippen LogP contribution in [0.2, 0.25) is 0 Å². The van der Waals surface area contributed by atoms with Crippen molar-refractivity contribution in [3.63, 3.8) is 0 Å². The van der Waals surface area contributed by atoms with Gasteiger partial charge in [0, 0.05) is 34.6 Å². The molecule has 0 saturated carbocycles. The summed E-state index contributed by atoms with van der Waals surface area (Å²) in [5.41, 5.74) is 2.98. The molecular weight excluding hydrogens is 386 g/mol. The monoisotopic (exact) mass is 403 g/mol. The van der Waals surface area contributed by atoms with Gasteiger partial charge >= 0.3 is 0 Å². The van der Waals surface area contributed by atoms with Crippen molar-refractivity contribution in [3.05, 3.63) is 77.9 Å². The van der Waals surface area contributed by atoms with E-state index < -0.39 is 0 Å². The van der Waals surface area contributed by atoms with Crippen molar-refractivity contribution in [2.45, 2.75) is 0 Å². The first-order valence-corrected chi connectivity index (χ1v) is 9.64. The first-order valence-electron chi connectivity index (χ1n) is 8.77. The van der Waals surface area contributed by atoms with Crippen LogP contribution in [0.4, 0.5) is 16.8 Å². The molecule has 4 aromatic rings. The van der Waals surface area contributed by atoms with Crippen molar-refractivity contribution in [3.8, 4) is 17.0 Å². The molecule has 2 aromatic heterocycles. The van der Waals surface area contributed by atoms with Crippen molar-refractivity contribution in [1.29, 1.82) is 0 Å². The van der Waals surface area contributed by atoms with E-state index in [-0.39, 0.29) is 5.91 Å². The number of carbonyl (C=O) groups is 1. The van der Waals surface area contributed by atoms with Gasteiger partial charge in [0.15, 0.2) is 5.13 Å². The molecule has 0 fully saturated rings. The third-order valence-electron chi connectivity index (χ3n) is 4.06. The Hall–Kier alpha value is -3.78. The molecule has 0 radical (unpaired) electrons. The number of nitrogens with zero attached hydrogens (tertiary/aromatic N) is 3. The average Bonchev–Trinajstić information content (AvgIpc) is 3.23. The molecule has 7 nitrogen and oxygen atoms in total. The Kier molecular flexibility index (Phi) is 5.44. The number of aromatic nitrogens is 3. The third-order valence-corrected chi connectivity index (χ3v) is 4.81. The number of rotatable bonds is 6. The first-order chi connectivity index (χ1) is 14.2. The number of hydrogen-bond donors (Lipinski definition) is 2. The molecule has 0 aliphatic carbocycles. The van der Waals surface area contributed by atoms with Gasteiger partial charge < -0.3 is 10.1 Å². The van der Waals surface area contributed by atoms with Crippen molar-refractivity contribution in [2.75, 3.05) is 17.7 Å². The van der Waals surface area contributed by atoms with Crippen LogP contribution in [-0.2, 0) is 0 Å². The Morgan fingerprint density at radius 1 is 1.03 bits per heavy atom. The van der Waals surface area contributed by atoms with Crippen LogP contribution in [0.25, 0.3) is 11.3 Å². The normalized spacial score (nSPS) is 10.4. The molecule has 0 bridgehead atoms. The Balaban J connectivity index is 1.45. The van der Waals surface area contributed by atoms with Gasteiger partial charge in [-0.3, -0.25) is 10.1 Å². The van der Waals surface area contributed by atoms with Crippen molar-refractivity contribution in [2.24, 2.45) is 0 Å². The third kappa shape index (κ3) is 4.56. The van der Waals surface area contributed by atoms with E-state index in [1.165, 1.54) is 11.3 Å². The zero-order valence-electron chi connectivity index (χ0n) is 15.5. The van der Waals surface area contributed by atoms with E-state index in [4.69, 9.17) is 4.74 Å². The van der Waals surface area contributed by atoms with Crippen LogP contribution >= 0.6 is 11.3 Å². The van der Waals surface area contributed by atoms with Gasteiger partial charge in [0.05, 0.1) is 12.8 Å². The maximum absolute atomic E-state index is 12.6. The molecule has 2 aromatic carbocycles. The molecule has 0 saturated heterocycles. The molecule has 4 rings (SSSR count). The van der Waals surface area contributed by atoms with Gasteiger partial charge in [-0.25, -0.2) is 15.0 Å². The summed E-state index contributed by atoms with van der Waals surface area (Å²) in [7, 11) is 1.63. The Morgan fingerprint density at radius 3 is 2.59 bits per heavy atom. The number of thiazole rings is 1. The van der Waals surface area contributed by atoms with Gasteiger partial charge in [-0.2, -0.15) is 0 Å². The van der Waals surface area contributed by atoms with Crippen LogP contribution in [0.3, 0.4) is 0 Å². The maximum Gasteiger partial charge on any atom is 0.257 e. The average molecular weight is 403 g/mol.